The summed E-state index contributed by atoms with van der Waals surface area (Å²) in [5.41, 5.74) is 1.68. The third-order valence-electron chi connectivity index (χ3n) is 4.17. The lowest BCUT2D eigenvalue weighted by Gasteiger charge is -2.14. The molecule has 1 aromatic heterocycles. The van der Waals surface area contributed by atoms with Gasteiger partial charge in [0.2, 0.25) is 0 Å². The molecule has 1 unspecified atom stereocenters. The van der Waals surface area contributed by atoms with Crippen LogP contribution in [0.5, 0.6) is 0 Å². The molecule has 1 atom stereocenters. The molecule has 0 amide bonds. The Morgan fingerprint density at radius 1 is 1.43 bits per heavy atom. The minimum Gasteiger partial charge on any atom is -0.326 e. The van der Waals surface area contributed by atoms with Crippen molar-refractivity contribution in [2.45, 2.75) is 43.5 Å². The minimum absolute atomic E-state index is 0.257. The lowest BCUT2D eigenvalue weighted by molar-refractivity contribution is 0.461. The van der Waals surface area contributed by atoms with Crippen molar-refractivity contribution in [3.05, 3.63) is 24.0 Å². The Balaban J connectivity index is 2.27. The van der Waals surface area contributed by atoms with Crippen molar-refractivity contribution in [3.63, 3.8) is 0 Å². The van der Waals surface area contributed by atoms with Crippen molar-refractivity contribution >= 4 is 32.5 Å². The Morgan fingerprint density at radius 3 is 2.62 bits per heavy atom. The van der Waals surface area contributed by atoms with E-state index < -0.39 is 9.84 Å². The molecule has 0 bridgehead atoms. The van der Waals surface area contributed by atoms with Crippen LogP contribution in [0.25, 0.3) is 11.0 Å². The number of hydrogen-bond acceptors (Lipinski definition) is 3. The van der Waals surface area contributed by atoms with E-state index in [1.54, 1.807) is 12.1 Å². The van der Waals surface area contributed by atoms with Gasteiger partial charge in [-0.25, -0.2) is 13.4 Å². The highest BCUT2D eigenvalue weighted by atomic mass is 35.5. The molecule has 1 fully saturated rings. The molecular weight excluding hydrogens is 308 g/mol. The van der Waals surface area contributed by atoms with Crippen LogP contribution in [0.4, 0.5) is 0 Å². The summed E-state index contributed by atoms with van der Waals surface area (Å²) in [6.45, 7) is 4.94. The molecule has 4 nitrogen and oxygen atoms in total. The quantitative estimate of drug-likeness (QED) is 0.807. The maximum atomic E-state index is 12.0. The van der Waals surface area contributed by atoms with Crippen molar-refractivity contribution in [3.8, 4) is 0 Å². The summed E-state index contributed by atoms with van der Waals surface area (Å²) < 4.78 is 26.0. The molecule has 21 heavy (non-hydrogen) atoms. The predicted octanol–water partition coefficient (Wildman–Crippen LogP) is 3.54. The second kappa shape index (κ2) is 4.71. The molecule has 0 radical (unpaired) electrons. The first-order valence-electron chi connectivity index (χ1n) is 7.05. The van der Waals surface area contributed by atoms with E-state index >= 15 is 0 Å². The van der Waals surface area contributed by atoms with Gasteiger partial charge in [-0.1, -0.05) is 13.0 Å². The van der Waals surface area contributed by atoms with Crippen molar-refractivity contribution in [2.75, 3.05) is 6.26 Å². The highest BCUT2D eigenvalue weighted by Gasteiger charge is 2.38. The van der Waals surface area contributed by atoms with Gasteiger partial charge in [0.15, 0.2) is 9.84 Å². The second-order valence-electron chi connectivity index (χ2n) is 6.38. The summed E-state index contributed by atoms with van der Waals surface area (Å²) in [5, 5.41) is -0.257. The molecular formula is C15H19ClN2O2S. The first-order valence-corrected chi connectivity index (χ1v) is 9.37. The van der Waals surface area contributed by atoms with Crippen molar-refractivity contribution < 1.29 is 8.42 Å². The van der Waals surface area contributed by atoms with Crippen LogP contribution < -0.4 is 0 Å². The first-order chi connectivity index (χ1) is 9.71. The average molecular weight is 327 g/mol. The molecule has 1 aliphatic carbocycles. The zero-order valence-corrected chi connectivity index (χ0v) is 14.0. The second-order valence-corrected chi connectivity index (χ2v) is 9.02. The summed E-state index contributed by atoms with van der Waals surface area (Å²) in [5.74, 6) is 0.746. The smallest absolute Gasteiger partial charge is 0.177 e. The summed E-state index contributed by atoms with van der Waals surface area (Å²) in [6, 6.07) is 5.30. The third-order valence-corrected chi connectivity index (χ3v) is 5.49. The van der Waals surface area contributed by atoms with E-state index in [0.717, 1.165) is 17.9 Å². The number of imidazole rings is 1. The number of alkyl halides is 1. The van der Waals surface area contributed by atoms with E-state index in [1.807, 2.05) is 13.0 Å². The standard InChI is InChI=1S/C15H19ClN2O2S/c1-10(16)14-17-13-11(18(14)9-15(2)7-8-15)5-4-6-12(13)21(3,19)20/h4-6,10H,7-9H2,1-3H3. The monoisotopic (exact) mass is 326 g/mol. The zero-order chi connectivity index (χ0) is 15.4. The van der Waals surface area contributed by atoms with E-state index in [-0.39, 0.29) is 15.7 Å². The van der Waals surface area contributed by atoms with Crippen molar-refractivity contribution in [2.24, 2.45) is 5.41 Å². The fourth-order valence-electron chi connectivity index (χ4n) is 2.66. The van der Waals surface area contributed by atoms with Gasteiger partial charge in [0.1, 0.15) is 11.3 Å². The van der Waals surface area contributed by atoms with Gasteiger partial charge >= 0.3 is 0 Å². The molecule has 6 heteroatoms. The topological polar surface area (TPSA) is 52.0 Å². The molecule has 114 valence electrons. The Hall–Kier alpha value is -1.07. The van der Waals surface area contributed by atoms with E-state index in [0.29, 0.717) is 5.52 Å². The Bertz CT molecular complexity index is 804. The predicted molar refractivity (Wildman–Crippen MR) is 84.5 cm³/mol. The highest BCUT2D eigenvalue weighted by molar-refractivity contribution is 7.91. The lowest BCUT2D eigenvalue weighted by Crippen LogP contribution is -2.11. The molecule has 1 aromatic carbocycles. The number of rotatable bonds is 4. The van der Waals surface area contributed by atoms with E-state index in [9.17, 15) is 8.42 Å². The zero-order valence-electron chi connectivity index (χ0n) is 12.4. The van der Waals surface area contributed by atoms with Crippen molar-refractivity contribution in [1.82, 2.24) is 9.55 Å². The number of benzene rings is 1. The SMILES string of the molecule is CC(Cl)c1nc2c(S(C)(=O)=O)cccc2n1CC1(C)CC1. The van der Waals surface area contributed by atoms with Gasteiger partial charge in [-0.05, 0) is 37.3 Å². The van der Waals surface area contributed by atoms with Gasteiger partial charge in [0.05, 0.1) is 15.8 Å². The maximum Gasteiger partial charge on any atom is 0.177 e. The first kappa shape index (κ1) is 14.9. The van der Waals surface area contributed by atoms with Gasteiger partial charge in [-0.15, -0.1) is 11.6 Å². The fourth-order valence-corrected chi connectivity index (χ4v) is 3.66. The summed E-state index contributed by atoms with van der Waals surface area (Å²) in [4.78, 5) is 4.82. The van der Waals surface area contributed by atoms with Crippen LogP contribution in [0.15, 0.2) is 23.1 Å². The summed E-state index contributed by atoms with van der Waals surface area (Å²) in [7, 11) is -3.31. The van der Waals surface area contributed by atoms with Gasteiger partial charge in [0, 0.05) is 12.8 Å². The van der Waals surface area contributed by atoms with Crippen molar-refractivity contribution in [1.29, 1.82) is 0 Å². The van der Waals surface area contributed by atoms with E-state index in [1.165, 1.54) is 19.1 Å². The number of para-hydroxylation sites is 1. The summed E-state index contributed by atoms with van der Waals surface area (Å²) in [6.07, 6.45) is 3.59. The molecule has 0 N–H and O–H groups in total. The molecule has 1 heterocycles. The van der Waals surface area contributed by atoms with E-state index in [4.69, 9.17) is 11.6 Å². The Kier molecular flexibility index (Phi) is 3.33. The number of hydrogen-bond donors (Lipinski definition) is 0. The van der Waals surface area contributed by atoms with E-state index in [2.05, 4.69) is 16.5 Å². The van der Waals surface area contributed by atoms with Crippen LogP contribution in [0.1, 0.15) is 37.9 Å². The van der Waals surface area contributed by atoms with Crippen LogP contribution in [0.2, 0.25) is 0 Å². The van der Waals surface area contributed by atoms with Crippen LogP contribution in [-0.4, -0.2) is 24.2 Å². The van der Waals surface area contributed by atoms with Crippen LogP contribution in [0.3, 0.4) is 0 Å². The van der Waals surface area contributed by atoms with Gasteiger partial charge < -0.3 is 4.57 Å². The molecule has 1 saturated carbocycles. The molecule has 0 spiro atoms. The summed E-state index contributed by atoms with van der Waals surface area (Å²) >= 11 is 6.26. The number of nitrogens with zero attached hydrogens (tertiary/aromatic N) is 2. The highest BCUT2D eigenvalue weighted by Crippen LogP contribution is 2.47. The average Bonchev–Trinajstić information content (AvgIpc) is 2.98. The van der Waals surface area contributed by atoms with Crippen LogP contribution in [0, 0.1) is 5.41 Å². The van der Waals surface area contributed by atoms with Crippen LogP contribution >= 0.6 is 11.6 Å². The normalized spacial score (nSPS) is 18.9. The number of sulfone groups is 1. The number of fused-ring (bicyclic) bond motifs is 1. The largest absolute Gasteiger partial charge is 0.326 e. The van der Waals surface area contributed by atoms with Gasteiger partial charge in [-0.2, -0.15) is 0 Å². The molecule has 1 aliphatic rings. The number of halogens is 1. The van der Waals surface area contributed by atoms with Crippen LogP contribution in [-0.2, 0) is 16.4 Å². The minimum atomic E-state index is -3.31. The molecule has 2 aromatic rings. The Labute approximate surface area is 130 Å². The molecule has 0 aliphatic heterocycles. The molecule has 3 rings (SSSR count). The number of aromatic nitrogens is 2. The van der Waals surface area contributed by atoms with Gasteiger partial charge in [0.25, 0.3) is 0 Å². The third kappa shape index (κ3) is 2.69. The Morgan fingerprint density at radius 2 is 2.10 bits per heavy atom. The maximum absolute atomic E-state index is 12.0. The van der Waals surface area contributed by atoms with Gasteiger partial charge in [-0.3, -0.25) is 0 Å². The lowest BCUT2D eigenvalue weighted by atomic mass is 10.1. The fraction of sp³-hybridized carbons (Fsp3) is 0.533. The molecule has 0 saturated heterocycles.